The number of Topliss-reactive ketones (excluding diaryl/α,β-unsaturated/α-hetero) is 1. The third-order valence-corrected chi connectivity index (χ3v) is 9.05. The molecule has 2 atom stereocenters. The van der Waals surface area contributed by atoms with Crippen LogP contribution in [0.3, 0.4) is 0 Å². The number of hydrogen-bond acceptors (Lipinski definition) is 4. The molecule has 1 aliphatic rings. The van der Waals surface area contributed by atoms with Crippen LogP contribution >= 0.6 is 46.6 Å². The SMILES string of the molecule is C=CNC1CCc2cc(C(=O)CC(SCc3ccccc3)c3cc(Cl)c(Cl)c(Cl)c3)ccc21.CC(F)(F)F.COC(C)(C)C. The summed E-state index contributed by atoms with van der Waals surface area (Å²) in [4.78, 5) is 13.3. The highest BCUT2D eigenvalue weighted by molar-refractivity contribution is 7.98. The van der Waals surface area contributed by atoms with E-state index in [2.05, 4.69) is 30.1 Å². The zero-order valence-electron chi connectivity index (χ0n) is 25.5. The number of ether oxygens (including phenoxy) is 1. The van der Waals surface area contributed by atoms with E-state index in [9.17, 15) is 18.0 Å². The first-order valence-electron chi connectivity index (χ1n) is 14.0. The van der Waals surface area contributed by atoms with Crippen LogP contribution in [0.25, 0.3) is 0 Å². The summed E-state index contributed by atoms with van der Waals surface area (Å²) in [5, 5.41) is 4.32. The summed E-state index contributed by atoms with van der Waals surface area (Å²) in [5.41, 5.74) is 5.36. The molecule has 4 rings (SSSR count). The molecule has 2 unspecified atom stereocenters. The molecule has 0 spiro atoms. The summed E-state index contributed by atoms with van der Waals surface area (Å²) in [6, 6.07) is 20.2. The van der Waals surface area contributed by atoms with Gasteiger partial charge in [-0.3, -0.25) is 4.79 Å². The summed E-state index contributed by atoms with van der Waals surface area (Å²) in [5.74, 6) is 0.876. The first-order valence-corrected chi connectivity index (χ1v) is 16.2. The van der Waals surface area contributed by atoms with Crippen molar-refractivity contribution in [1.82, 2.24) is 5.32 Å². The Morgan fingerprint density at radius 1 is 1.05 bits per heavy atom. The number of nitrogens with one attached hydrogen (secondary N) is 1. The van der Waals surface area contributed by atoms with Gasteiger partial charge in [0, 0.05) is 37.0 Å². The second-order valence-corrected chi connectivity index (χ2v) is 13.6. The van der Waals surface area contributed by atoms with E-state index in [0.29, 0.717) is 21.5 Å². The molecule has 1 aliphatic carbocycles. The van der Waals surface area contributed by atoms with Crippen LogP contribution in [0.2, 0.25) is 15.1 Å². The Morgan fingerprint density at radius 3 is 2.14 bits per heavy atom. The summed E-state index contributed by atoms with van der Waals surface area (Å²) < 4.78 is 36.0. The molecule has 0 amide bonds. The van der Waals surface area contributed by atoms with E-state index in [4.69, 9.17) is 39.5 Å². The fraction of sp³-hybridized carbons (Fsp3) is 0.382. The normalized spacial score (nSPS) is 14.8. The van der Waals surface area contributed by atoms with Crippen molar-refractivity contribution in [3.05, 3.63) is 116 Å². The molecule has 0 fully saturated rings. The molecule has 1 N–H and O–H groups in total. The predicted octanol–water partition coefficient (Wildman–Crippen LogP) is 11.6. The molecule has 3 aromatic carbocycles. The first-order chi connectivity index (χ1) is 20.5. The number of fused-ring (bicyclic) bond motifs is 1. The van der Waals surface area contributed by atoms with Crippen LogP contribution in [0.4, 0.5) is 13.2 Å². The van der Waals surface area contributed by atoms with Crippen molar-refractivity contribution < 1.29 is 22.7 Å². The molecule has 0 aromatic heterocycles. The average Bonchev–Trinajstić information content (AvgIpc) is 3.35. The van der Waals surface area contributed by atoms with Crippen molar-refractivity contribution in [1.29, 1.82) is 0 Å². The monoisotopic (exact) mass is 687 g/mol. The van der Waals surface area contributed by atoms with Gasteiger partial charge in [0.15, 0.2) is 5.78 Å². The zero-order chi connectivity index (χ0) is 33.1. The highest BCUT2D eigenvalue weighted by Crippen LogP contribution is 2.41. The second-order valence-electron chi connectivity index (χ2n) is 11.2. The molecule has 3 aromatic rings. The molecule has 0 saturated heterocycles. The van der Waals surface area contributed by atoms with E-state index in [1.807, 2.05) is 63.2 Å². The lowest BCUT2D eigenvalue weighted by molar-refractivity contribution is -0.110. The average molecular weight is 689 g/mol. The van der Waals surface area contributed by atoms with Gasteiger partial charge in [0.25, 0.3) is 0 Å². The van der Waals surface area contributed by atoms with Gasteiger partial charge in [0.1, 0.15) is 0 Å². The number of ketones is 1. The topological polar surface area (TPSA) is 38.3 Å². The number of carbonyl (C=O) groups excluding carboxylic acids is 1. The number of rotatable bonds is 9. The molecule has 0 heterocycles. The molecule has 44 heavy (non-hydrogen) atoms. The van der Waals surface area contributed by atoms with E-state index in [1.165, 1.54) is 16.7 Å². The largest absolute Gasteiger partial charge is 0.386 e. The Balaban J connectivity index is 0.000000526. The van der Waals surface area contributed by atoms with Crippen molar-refractivity contribution >= 4 is 52.3 Å². The number of hydrogen-bond donors (Lipinski definition) is 1. The van der Waals surface area contributed by atoms with Gasteiger partial charge in [-0.05, 0) is 80.3 Å². The Hall–Kier alpha value is -2.16. The van der Waals surface area contributed by atoms with Crippen LogP contribution in [0.1, 0.15) is 84.4 Å². The van der Waals surface area contributed by atoms with Crippen LogP contribution in [0.5, 0.6) is 0 Å². The number of thioether (sulfide) groups is 1. The standard InChI is InChI=1S/C27H24Cl3NOS.C5H12O.C2H3F3/c1-2-31-24-11-9-18-12-19(8-10-21(18)24)25(32)15-26(33-16-17-6-4-3-5-7-17)20-13-22(28)27(30)23(29)14-20;1-5(2,3)6-4;1-2(3,4)5/h2-8,10,12-14,24,26,31H,1,9,11,15-16H2;1-4H3;1H3. The maximum Gasteiger partial charge on any atom is 0.386 e. The van der Waals surface area contributed by atoms with E-state index >= 15 is 0 Å². The van der Waals surface area contributed by atoms with Gasteiger partial charge in [-0.1, -0.05) is 83.8 Å². The highest BCUT2D eigenvalue weighted by atomic mass is 35.5. The molecule has 10 heteroatoms. The molecule has 240 valence electrons. The van der Waals surface area contributed by atoms with E-state index in [-0.39, 0.29) is 29.6 Å². The van der Waals surface area contributed by atoms with Gasteiger partial charge < -0.3 is 10.1 Å². The van der Waals surface area contributed by atoms with Crippen LogP contribution in [-0.2, 0) is 16.9 Å². The van der Waals surface area contributed by atoms with Crippen molar-refractivity contribution in [3.8, 4) is 0 Å². The third kappa shape index (κ3) is 13.5. The van der Waals surface area contributed by atoms with Gasteiger partial charge >= 0.3 is 6.18 Å². The van der Waals surface area contributed by atoms with Crippen LogP contribution in [-0.4, -0.2) is 24.7 Å². The minimum atomic E-state index is -4.00. The quantitative estimate of drug-likeness (QED) is 0.179. The summed E-state index contributed by atoms with van der Waals surface area (Å²) >= 11 is 20.5. The second kappa shape index (κ2) is 17.5. The van der Waals surface area contributed by atoms with Crippen molar-refractivity contribution in [2.24, 2.45) is 0 Å². The fourth-order valence-electron chi connectivity index (χ4n) is 4.20. The minimum Gasteiger partial charge on any atom is -0.385 e. The Labute approximate surface area is 278 Å². The smallest absolute Gasteiger partial charge is 0.385 e. The van der Waals surface area contributed by atoms with Gasteiger partial charge in [0.2, 0.25) is 0 Å². The number of methoxy groups -OCH3 is 1. The number of benzene rings is 3. The third-order valence-electron chi connectivity index (χ3n) is 6.52. The van der Waals surface area contributed by atoms with E-state index in [0.717, 1.165) is 29.7 Å². The summed E-state index contributed by atoms with van der Waals surface area (Å²) in [7, 11) is 1.71. The summed E-state index contributed by atoms with van der Waals surface area (Å²) in [6.45, 7) is 10.0. The molecule has 0 aliphatic heterocycles. The van der Waals surface area contributed by atoms with Gasteiger partial charge in [-0.25, -0.2) is 0 Å². The lowest BCUT2D eigenvalue weighted by Crippen LogP contribution is -2.15. The Kier molecular flexibility index (Phi) is 15.1. The Bertz CT molecular complexity index is 1350. The molecule has 0 bridgehead atoms. The molecular formula is C34H39Cl3F3NO2S. The summed E-state index contributed by atoms with van der Waals surface area (Å²) in [6.07, 6.45) is 0.0432. The number of aryl methyl sites for hydroxylation is 1. The first kappa shape index (κ1) is 38.0. The Morgan fingerprint density at radius 2 is 1.61 bits per heavy atom. The van der Waals surface area contributed by atoms with Crippen LogP contribution < -0.4 is 5.32 Å². The van der Waals surface area contributed by atoms with Crippen molar-refractivity contribution in [3.63, 3.8) is 0 Å². The highest BCUT2D eigenvalue weighted by Gasteiger charge is 2.25. The number of alkyl halides is 3. The molecular weight excluding hydrogens is 650 g/mol. The van der Waals surface area contributed by atoms with Gasteiger partial charge in [-0.15, -0.1) is 11.8 Å². The van der Waals surface area contributed by atoms with Crippen molar-refractivity contribution in [2.45, 2.75) is 75.8 Å². The lowest BCUT2D eigenvalue weighted by Gasteiger charge is -2.18. The molecule has 0 radical (unpaired) electrons. The van der Waals surface area contributed by atoms with Crippen molar-refractivity contribution in [2.75, 3.05) is 7.11 Å². The minimum absolute atomic E-state index is 0.0417. The predicted molar refractivity (Wildman–Crippen MR) is 180 cm³/mol. The zero-order valence-corrected chi connectivity index (χ0v) is 28.6. The van der Waals surface area contributed by atoms with E-state index in [1.54, 1.807) is 25.1 Å². The van der Waals surface area contributed by atoms with Crippen LogP contribution in [0.15, 0.2) is 73.4 Å². The van der Waals surface area contributed by atoms with E-state index < -0.39 is 6.18 Å². The number of halogens is 6. The van der Waals surface area contributed by atoms with Gasteiger partial charge in [-0.2, -0.15) is 13.2 Å². The fourth-order valence-corrected chi connectivity index (χ4v) is 5.99. The maximum absolute atomic E-state index is 13.3. The van der Waals surface area contributed by atoms with Gasteiger partial charge in [0.05, 0.1) is 26.7 Å². The lowest BCUT2D eigenvalue weighted by atomic mass is 9.98. The number of carbonyl (C=O) groups is 1. The maximum atomic E-state index is 13.3. The van der Waals surface area contributed by atoms with Crippen LogP contribution in [0, 0.1) is 0 Å². The molecule has 3 nitrogen and oxygen atoms in total. The molecule has 0 saturated carbocycles.